The van der Waals surface area contributed by atoms with Crippen molar-refractivity contribution in [2.75, 3.05) is 0 Å². The SMILES string of the molecule is CC1(C)CCC1NCc1nccs1. The van der Waals surface area contributed by atoms with Gasteiger partial charge in [-0.05, 0) is 18.3 Å². The zero-order valence-corrected chi connectivity index (χ0v) is 9.03. The molecule has 1 aliphatic carbocycles. The fourth-order valence-corrected chi connectivity index (χ4v) is 2.36. The van der Waals surface area contributed by atoms with Crippen LogP contribution in [0.25, 0.3) is 0 Å². The summed E-state index contributed by atoms with van der Waals surface area (Å²) in [5, 5.41) is 6.79. The van der Waals surface area contributed by atoms with E-state index in [0.717, 1.165) is 6.54 Å². The van der Waals surface area contributed by atoms with E-state index in [0.29, 0.717) is 11.5 Å². The number of nitrogens with zero attached hydrogens (tertiary/aromatic N) is 1. The second-order valence-corrected chi connectivity index (χ2v) is 5.37. The van der Waals surface area contributed by atoms with Crippen LogP contribution in [0.3, 0.4) is 0 Å². The van der Waals surface area contributed by atoms with E-state index in [-0.39, 0.29) is 0 Å². The van der Waals surface area contributed by atoms with Crippen LogP contribution in [0.5, 0.6) is 0 Å². The van der Waals surface area contributed by atoms with E-state index in [1.807, 2.05) is 11.6 Å². The highest BCUT2D eigenvalue weighted by Crippen LogP contribution is 2.39. The topological polar surface area (TPSA) is 24.9 Å². The lowest BCUT2D eigenvalue weighted by molar-refractivity contribution is 0.108. The minimum Gasteiger partial charge on any atom is -0.307 e. The molecule has 2 nitrogen and oxygen atoms in total. The molecule has 1 aromatic heterocycles. The van der Waals surface area contributed by atoms with E-state index >= 15 is 0 Å². The van der Waals surface area contributed by atoms with Gasteiger partial charge in [0.25, 0.3) is 0 Å². The lowest BCUT2D eigenvalue weighted by Crippen LogP contribution is -2.49. The van der Waals surface area contributed by atoms with Gasteiger partial charge in [-0.2, -0.15) is 0 Å². The second-order valence-electron chi connectivity index (χ2n) is 4.39. The van der Waals surface area contributed by atoms with Gasteiger partial charge in [-0.3, -0.25) is 0 Å². The highest BCUT2D eigenvalue weighted by Gasteiger charge is 2.37. The van der Waals surface area contributed by atoms with Crippen LogP contribution >= 0.6 is 11.3 Å². The third kappa shape index (κ3) is 1.92. The molecule has 3 heteroatoms. The van der Waals surface area contributed by atoms with Crippen molar-refractivity contribution in [3.63, 3.8) is 0 Å². The number of hydrogen-bond donors (Lipinski definition) is 1. The molecule has 0 aromatic carbocycles. The Morgan fingerprint density at radius 1 is 1.69 bits per heavy atom. The summed E-state index contributed by atoms with van der Waals surface area (Å²) in [5.41, 5.74) is 0.497. The van der Waals surface area contributed by atoms with Gasteiger partial charge in [0.05, 0.1) is 0 Å². The third-order valence-corrected chi connectivity index (χ3v) is 3.78. The largest absolute Gasteiger partial charge is 0.307 e. The molecule has 1 saturated carbocycles. The predicted octanol–water partition coefficient (Wildman–Crippen LogP) is 2.42. The van der Waals surface area contributed by atoms with E-state index in [1.165, 1.54) is 17.8 Å². The van der Waals surface area contributed by atoms with Crippen LogP contribution < -0.4 is 5.32 Å². The Balaban J connectivity index is 1.81. The van der Waals surface area contributed by atoms with Crippen molar-refractivity contribution in [3.05, 3.63) is 16.6 Å². The van der Waals surface area contributed by atoms with Crippen molar-refractivity contribution in [1.29, 1.82) is 0 Å². The van der Waals surface area contributed by atoms with Crippen LogP contribution in [0, 0.1) is 5.41 Å². The summed E-state index contributed by atoms with van der Waals surface area (Å²) in [6.07, 6.45) is 4.54. The molecule has 13 heavy (non-hydrogen) atoms. The van der Waals surface area contributed by atoms with Gasteiger partial charge in [0, 0.05) is 24.2 Å². The summed E-state index contributed by atoms with van der Waals surface area (Å²) in [6, 6.07) is 0.691. The summed E-state index contributed by atoms with van der Waals surface area (Å²) in [6.45, 7) is 5.60. The average Bonchev–Trinajstić information content (AvgIpc) is 2.55. The average molecular weight is 196 g/mol. The molecule has 1 fully saturated rings. The van der Waals surface area contributed by atoms with Crippen LogP contribution in [0.1, 0.15) is 31.7 Å². The monoisotopic (exact) mass is 196 g/mol. The first-order valence-electron chi connectivity index (χ1n) is 4.80. The molecule has 72 valence electrons. The highest BCUT2D eigenvalue weighted by atomic mass is 32.1. The third-order valence-electron chi connectivity index (χ3n) is 3.00. The molecule has 0 radical (unpaired) electrons. The van der Waals surface area contributed by atoms with Crippen LogP contribution in [0.15, 0.2) is 11.6 Å². The summed E-state index contributed by atoms with van der Waals surface area (Å²) in [4.78, 5) is 4.25. The molecule has 1 atom stereocenters. The molecule has 2 rings (SSSR count). The summed E-state index contributed by atoms with van der Waals surface area (Å²) in [7, 11) is 0. The first kappa shape index (κ1) is 9.16. The Labute approximate surface area is 83.4 Å². The van der Waals surface area contributed by atoms with Crippen molar-refractivity contribution in [2.24, 2.45) is 5.41 Å². The molecule has 0 amide bonds. The maximum atomic E-state index is 4.25. The molecule has 1 unspecified atom stereocenters. The van der Waals surface area contributed by atoms with Crippen LogP contribution in [0.4, 0.5) is 0 Å². The molecule has 0 bridgehead atoms. The minimum atomic E-state index is 0.497. The minimum absolute atomic E-state index is 0.497. The van der Waals surface area contributed by atoms with E-state index in [4.69, 9.17) is 0 Å². The van der Waals surface area contributed by atoms with E-state index in [1.54, 1.807) is 11.3 Å². The highest BCUT2D eigenvalue weighted by molar-refractivity contribution is 7.09. The number of nitrogens with one attached hydrogen (secondary N) is 1. The molecular formula is C10H16N2S. The Morgan fingerprint density at radius 3 is 3.00 bits per heavy atom. The van der Waals surface area contributed by atoms with Crippen molar-refractivity contribution in [1.82, 2.24) is 10.3 Å². The van der Waals surface area contributed by atoms with Crippen LogP contribution in [-0.4, -0.2) is 11.0 Å². The number of rotatable bonds is 3. The zero-order valence-electron chi connectivity index (χ0n) is 8.21. The maximum absolute atomic E-state index is 4.25. The van der Waals surface area contributed by atoms with Gasteiger partial charge in [0.15, 0.2) is 0 Å². The molecule has 1 aromatic rings. The van der Waals surface area contributed by atoms with Crippen LogP contribution in [-0.2, 0) is 6.54 Å². The lowest BCUT2D eigenvalue weighted by Gasteiger charge is -2.45. The van der Waals surface area contributed by atoms with E-state index < -0.39 is 0 Å². The number of aromatic nitrogens is 1. The van der Waals surface area contributed by atoms with Crippen molar-refractivity contribution in [3.8, 4) is 0 Å². The van der Waals surface area contributed by atoms with Gasteiger partial charge in [-0.15, -0.1) is 11.3 Å². The van der Waals surface area contributed by atoms with Gasteiger partial charge in [0.2, 0.25) is 0 Å². The molecular weight excluding hydrogens is 180 g/mol. The zero-order chi connectivity index (χ0) is 9.31. The fourth-order valence-electron chi connectivity index (χ4n) is 1.80. The lowest BCUT2D eigenvalue weighted by atomic mass is 9.67. The number of thiazole rings is 1. The van der Waals surface area contributed by atoms with Gasteiger partial charge in [0.1, 0.15) is 5.01 Å². The molecule has 1 heterocycles. The standard InChI is InChI=1S/C10H16N2S/c1-10(2)4-3-8(10)12-7-9-11-5-6-13-9/h5-6,8,12H,3-4,7H2,1-2H3. The van der Waals surface area contributed by atoms with Gasteiger partial charge >= 0.3 is 0 Å². The maximum Gasteiger partial charge on any atom is 0.106 e. The molecule has 1 aliphatic rings. The van der Waals surface area contributed by atoms with Gasteiger partial charge in [-0.1, -0.05) is 13.8 Å². The summed E-state index contributed by atoms with van der Waals surface area (Å²) < 4.78 is 0. The Kier molecular flexibility index (Phi) is 2.39. The number of hydrogen-bond acceptors (Lipinski definition) is 3. The Bertz CT molecular complexity index is 266. The molecule has 1 N–H and O–H groups in total. The van der Waals surface area contributed by atoms with Gasteiger partial charge < -0.3 is 5.32 Å². The summed E-state index contributed by atoms with van der Waals surface area (Å²) >= 11 is 1.73. The molecule has 0 saturated heterocycles. The van der Waals surface area contributed by atoms with Crippen molar-refractivity contribution >= 4 is 11.3 Å². The van der Waals surface area contributed by atoms with Crippen molar-refractivity contribution < 1.29 is 0 Å². The van der Waals surface area contributed by atoms with Gasteiger partial charge in [-0.25, -0.2) is 4.98 Å². The smallest absolute Gasteiger partial charge is 0.106 e. The summed E-state index contributed by atoms with van der Waals surface area (Å²) in [5.74, 6) is 0. The quantitative estimate of drug-likeness (QED) is 0.803. The predicted molar refractivity (Wildman–Crippen MR) is 55.8 cm³/mol. The van der Waals surface area contributed by atoms with Crippen LogP contribution in [0.2, 0.25) is 0 Å². The van der Waals surface area contributed by atoms with E-state index in [9.17, 15) is 0 Å². The molecule has 0 spiro atoms. The second kappa shape index (κ2) is 3.39. The normalized spacial score (nSPS) is 25.5. The Morgan fingerprint density at radius 2 is 2.54 bits per heavy atom. The van der Waals surface area contributed by atoms with Crippen molar-refractivity contribution in [2.45, 2.75) is 39.3 Å². The van der Waals surface area contributed by atoms with E-state index in [2.05, 4.69) is 24.1 Å². The fraction of sp³-hybridized carbons (Fsp3) is 0.700. The first-order valence-corrected chi connectivity index (χ1v) is 5.68. The Hall–Kier alpha value is -0.410. The molecule has 0 aliphatic heterocycles. The first-order chi connectivity index (χ1) is 6.18.